The van der Waals surface area contributed by atoms with Gasteiger partial charge in [-0.15, -0.1) is 0 Å². The number of hydrogen-bond donors (Lipinski definition) is 1. The fraction of sp³-hybridized carbons (Fsp3) is 0.556. The Balaban J connectivity index is 2.96. The SMILES string of the molecule is CCC(C)c1ccccc1NC(=O)C(=O)N(CC)C(C)(C)C. The third-order valence-corrected chi connectivity index (χ3v) is 3.92. The molecule has 1 aromatic rings. The minimum atomic E-state index is -0.576. The molecule has 0 spiro atoms. The number of benzene rings is 1. The van der Waals surface area contributed by atoms with Gasteiger partial charge in [0.05, 0.1) is 0 Å². The highest BCUT2D eigenvalue weighted by Gasteiger charge is 2.30. The molecule has 122 valence electrons. The van der Waals surface area contributed by atoms with Gasteiger partial charge in [-0.1, -0.05) is 32.0 Å². The summed E-state index contributed by atoms with van der Waals surface area (Å²) in [6.07, 6.45) is 0.976. The lowest BCUT2D eigenvalue weighted by molar-refractivity contribution is -0.146. The van der Waals surface area contributed by atoms with Crippen molar-refractivity contribution in [2.45, 2.75) is 59.4 Å². The van der Waals surface area contributed by atoms with Crippen LogP contribution in [-0.4, -0.2) is 28.8 Å². The van der Waals surface area contributed by atoms with Crippen LogP contribution in [0, 0.1) is 0 Å². The summed E-state index contributed by atoms with van der Waals surface area (Å²) in [5.41, 5.74) is 1.41. The zero-order valence-corrected chi connectivity index (χ0v) is 14.6. The number of likely N-dealkylation sites (N-methyl/N-ethyl adjacent to an activating group) is 1. The molecule has 0 aromatic heterocycles. The predicted molar refractivity (Wildman–Crippen MR) is 90.9 cm³/mol. The van der Waals surface area contributed by atoms with E-state index in [0.717, 1.165) is 17.7 Å². The number of carbonyl (C=O) groups excluding carboxylic acids is 2. The van der Waals surface area contributed by atoms with Crippen LogP contribution in [0.5, 0.6) is 0 Å². The molecule has 1 N–H and O–H groups in total. The molecule has 2 amide bonds. The Labute approximate surface area is 133 Å². The second-order valence-electron chi connectivity index (χ2n) is 6.57. The van der Waals surface area contributed by atoms with E-state index in [-0.39, 0.29) is 5.54 Å². The Morgan fingerprint density at radius 1 is 1.18 bits per heavy atom. The highest BCUT2D eigenvalue weighted by Crippen LogP contribution is 2.26. The normalized spacial score (nSPS) is 12.6. The van der Waals surface area contributed by atoms with Crippen LogP contribution in [0.3, 0.4) is 0 Å². The molecule has 4 heteroatoms. The Morgan fingerprint density at radius 2 is 1.77 bits per heavy atom. The first-order valence-electron chi connectivity index (χ1n) is 7.94. The lowest BCUT2D eigenvalue weighted by Crippen LogP contribution is -2.49. The highest BCUT2D eigenvalue weighted by molar-refractivity contribution is 6.39. The van der Waals surface area contributed by atoms with Crippen LogP contribution in [0.2, 0.25) is 0 Å². The first-order valence-corrected chi connectivity index (χ1v) is 7.94. The number of carbonyl (C=O) groups is 2. The first-order chi connectivity index (χ1) is 10.2. The smallest absolute Gasteiger partial charge is 0.313 e. The summed E-state index contributed by atoms with van der Waals surface area (Å²) in [6, 6.07) is 7.66. The van der Waals surface area contributed by atoms with Gasteiger partial charge in [-0.3, -0.25) is 9.59 Å². The summed E-state index contributed by atoms with van der Waals surface area (Å²) in [5, 5.41) is 2.78. The Morgan fingerprint density at radius 3 is 2.27 bits per heavy atom. The lowest BCUT2D eigenvalue weighted by Gasteiger charge is -2.34. The summed E-state index contributed by atoms with van der Waals surface area (Å²) in [5.74, 6) is -0.738. The molecule has 0 bridgehead atoms. The van der Waals surface area contributed by atoms with Crippen LogP contribution in [0.15, 0.2) is 24.3 Å². The molecule has 0 aliphatic heterocycles. The van der Waals surface area contributed by atoms with Crippen molar-refractivity contribution in [2.75, 3.05) is 11.9 Å². The average Bonchev–Trinajstić information content (AvgIpc) is 2.46. The predicted octanol–water partition coefficient (Wildman–Crippen LogP) is 3.79. The van der Waals surface area contributed by atoms with Crippen LogP contribution in [0.4, 0.5) is 5.69 Å². The molecular weight excluding hydrogens is 276 g/mol. The lowest BCUT2D eigenvalue weighted by atomic mass is 9.97. The maximum absolute atomic E-state index is 12.4. The fourth-order valence-electron chi connectivity index (χ4n) is 2.48. The van der Waals surface area contributed by atoms with E-state index in [1.54, 1.807) is 4.90 Å². The fourth-order valence-corrected chi connectivity index (χ4v) is 2.48. The van der Waals surface area contributed by atoms with E-state index in [0.29, 0.717) is 12.5 Å². The molecule has 1 aromatic carbocycles. The molecule has 1 rings (SSSR count). The van der Waals surface area contributed by atoms with Gasteiger partial charge in [0.25, 0.3) is 0 Å². The van der Waals surface area contributed by atoms with Crippen LogP contribution < -0.4 is 5.32 Å². The second kappa shape index (κ2) is 7.43. The van der Waals surface area contributed by atoms with Crippen molar-refractivity contribution in [3.8, 4) is 0 Å². The number of amides is 2. The van der Waals surface area contributed by atoms with E-state index in [1.165, 1.54) is 0 Å². The van der Waals surface area contributed by atoms with Crippen molar-refractivity contribution in [1.29, 1.82) is 0 Å². The van der Waals surface area contributed by atoms with Crippen molar-refractivity contribution >= 4 is 17.5 Å². The van der Waals surface area contributed by atoms with Crippen LogP contribution in [0.1, 0.15) is 59.4 Å². The minimum absolute atomic E-state index is 0.330. The van der Waals surface area contributed by atoms with Crippen molar-refractivity contribution in [3.63, 3.8) is 0 Å². The molecule has 0 aliphatic carbocycles. The van der Waals surface area contributed by atoms with Crippen LogP contribution in [0.25, 0.3) is 0 Å². The number of para-hydroxylation sites is 1. The first kappa shape index (κ1) is 18.2. The molecule has 22 heavy (non-hydrogen) atoms. The van der Waals surface area contributed by atoms with Gasteiger partial charge in [0, 0.05) is 17.8 Å². The van der Waals surface area contributed by atoms with Gasteiger partial charge >= 0.3 is 11.8 Å². The van der Waals surface area contributed by atoms with Gasteiger partial charge in [-0.2, -0.15) is 0 Å². The molecule has 4 nitrogen and oxygen atoms in total. The van der Waals surface area contributed by atoms with Gasteiger partial charge in [-0.05, 0) is 51.7 Å². The number of hydrogen-bond acceptors (Lipinski definition) is 2. The zero-order chi connectivity index (χ0) is 16.9. The van der Waals surface area contributed by atoms with Crippen molar-refractivity contribution in [2.24, 2.45) is 0 Å². The second-order valence-corrected chi connectivity index (χ2v) is 6.57. The number of nitrogens with one attached hydrogen (secondary N) is 1. The van der Waals surface area contributed by atoms with Crippen molar-refractivity contribution in [1.82, 2.24) is 4.90 Å². The molecular formula is C18H28N2O2. The number of nitrogens with zero attached hydrogens (tertiary/aromatic N) is 1. The van der Waals surface area contributed by atoms with Gasteiger partial charge in [0.2, 0.25) is 0 Å². The van der Waals surface area contributed by atoms with E-state index >= 15 is 0 Å². The summed E-state index contributed by atoms with van der Waals surface area (Å²) in [6.45, 7) is 12.4. The summed E-state index contributed by atoms with van der Waals surface area (Å²) in [4.78, 5) is 26.3. The summed E-state index contributed by atoms with van der Waals surface area (Å²) >= 11 is 0. The minimum Gasteiger partial charge on any atom is -0.330 e. The van der Waals surface area contributed by atoms with E-state index in [1.807, 2.05) is 52.0 Å². The monoisotopic (exact) mass is 304 g/mol. The number of anilines is 1. The van der Waals surface area contributed by atoms with Crippen LogP contribution in [-0.2, 0) is 9.59 Å². The molecule has 1 unspecified atom stereocenters. The van der Waals surface area contributed by atoms with Crippen LogP contribution >= 0.6 is 0 Å². The molecule has 0 saturated heterocycles. The Hall–Kier alpha value is -1.84. The summed E-state index contributed by atoms with van der Waals surface area (Å²) < 4.78 is 0. The largest absolute Gasteiger partial charge is 0.330 e. The standard InChI is InChI=1S/C18H28N2O2/c1-7-13(3)14-11-9-10-12-15(14)19-16(21)17(22)20(8-2)18(4,5)6/h9-13H,7-8H2,1-6H3,(H,19,21). The van der Waals surface area contributed by atoms with Gasteiger partial charge < -0.3 is 10.2 Å². The molecule has 0 saturated carbocycles. The molecule has 0 fully saturated rings. The average molecular weight is 304 g/mol. The van der Waals surface area contributed by atoms with E-state index in [9.17, 15) is 9.59 Å². The third kappa shape index (κ3) is 4.33. The topological polar surface area (TPSA) is 49.4 Å². The Kier molecular flexibility index (Phi) is 6.15. The maximum Gasteiger partial charge on any atom is 0.313 e. The molecule has 0 radical (unpaired) electrons. The Bertz CT molecular complexity index is 532. The van der Waals surface area contributed by atoms with Gasteiger partial charge in [0.1, 0.15) is 0 Å². The molecule has 0 heterocycles. The quantitative estimate of drug-likeness (QED) is 0.860. The van der Waals surface area contributed by atoms with Crippen molar-refractivity contribution in [3.05, 3.63) is 29.8 Å². The number of rotatable bonds is 4. The molecule has 0 aliphatic rings. The van der Waals surface area contributed by atoms with E-state index < -0.39 is 11.8 Å². The highest BCUT2D eigenvalue weighted by atomic mass is 16.2. The zero-order valence-electron chi connectivity index (χ0n) is 14.6. The van der Waals surface area contributed by atoms with Gasteiger partial charge in [0.15, 0.2) is 0 Å². The van der Waals surface area contributed by atoms with E-state index in [4.69, 9.17) is 0 Å². The summed E-state index contributed by atoms with van der Waals surface area (Å²) in [7, 11) is 0. The third-order valence-electron chi connectivity index (χ3n) is 3.92. The van der Waals surface area contributed by atoms with Gasteiger partial charge in [-0.25, -0.2) is 0 Å². The molecule has 1 atom stereocenters. The van der Waals surface area contributed by atoms with E-state index in [2.05, 4.69) is 19.2 Å². The maximum atomic E-state index is 12.4. The van der Waals surface area contributed by atoms with Crippen molar-refractivity contribution < 1.29 is 9.59 Å².